The van der Waals surface area contributed by atoms with E-state index in [0.717, 1.165) is 28.6 Å². The summed E-state index contributed by atoms with van der Waals surface area (Å²) in [7, 11) is 0. The van der Waals surface area contributed by atoms with Gasteiger partial charge in [-0.1, -0.05) is 42.5 Å². The summed E-state index contributed by atoms with van der Waals surface area (Å²) in [4.78, 5) is 25.3. The van der Waals surface area contributed by atoms with Gasteiger partial charge >= 0.3 is 0 Å². The molecule has 33 heavy (non-hydrogen) atoms. The van der Waals surface area contributed by atoms with Gasteiger partial charge in [-0.15, -0.1) is 0 Å². The first-order valence-electron chi connectivity index (χ1n) is 10.6. The Bertz CT molecular complexity index is 1310. The van der Waals surface area contributed by atoms with Crippen molar-refractivity contribution in [3.05, 3.63) is 90.0 Å². The predicted octanol–water partition coefficient (Wildman–Crippen LogP) is 4.37. The Hall–Kier alpha value is -4.07. The molecule has 1 aliphatic rings. The number of rotatable bonds is 5. The molecule has 5 rings (SSSR count). The Morgan fingerprint density at radius 2 is 1.70 bits per heavy atom. The van der Waals surface area contributed by atoms with Crippen molar-refractivity contribution in [3.63, 3.8) is 0 Å². The summed E-state index contributed by atoms with van der Waals surface area (Å²) in [5, 5.41) is 4.27. The van der Waals surface area contributed by atoms with E-state index in [4.69, 9.17) is 4.98 Å². The summed E-state index contributed by atoms with van der Waals surface area (Å²) in [5.74, 6) is -0.633. The fourth-order valence-corrected chi connectivity index (χ4v) is 3.92. The monoisotopic (exact) mass is 445 g/mol. The van der Waals surface area contributed by atoms with Gasteiger partial charge < -0.3 is 15.1 Å². The Labute approximate surface area is 189 Å². The zero-order valence-corrected chi connectivity index (χ0v) is 17.7. The summed E-state index contributed by atoms with van der Waals surface area (Å²) in [6.45, 7) is 1.24. The highest BCUT2D eigenvalue weighted by atomic mass is 19.1. The van der Waals surface area contributed by atoms with Gasteiger partial charge in [-0.25, -0.2) is 13.8 Å². The Balaban J connectivity index is 1.40. The van der Waals surface area contributed by atoms with Gasteiger partial charge in [-0.3, -0.25) is 4.79 Å². The van der Waals surface area contributed by atoms with Gasteiger partial charge in [0.1, 0.15) is 24.0 Å². The highest BCUT2D eigenvalue weighted by molar-refractivity contribution is 5.98. The zero-order valence-electron chi connectivity index (χ0n) is 17.7. The normalized spacial score (nSPS) is 14.1. The highest BCUT2D eigenvalue weighted by Gasteiger charge is 2.29. The molecule has 2 heterocycles. The predicted molar refractivity (Wildman–Crippen MR) is 124 cm³/mol. The molecular weight excluding hydrogens is 424 g/mol. The Kier molecular flexibility index (Phi) is 5.56. The second-order valence-electron chi connectivity index (χ2n) is 7.79. The van der Waals surface area contributed by atoms with Crippen LogP contribution in [0.25, 0.3) is 10.9 Å². The van der Waals surface area contributed by atoms with Gasteiger partial charge in [-0.05, 0) is 29.8 Å². The summed E-state index contributed by atoms with van der Waals surface area (Å²) >= 11 is 0. The first kappa shape index (κ1) is 20.8. The fourth-order valence-electron chi connectivity index (χ4n) is 3.92. The standard InChI is InChI=1S/C25H21F2N5O/c26-18-10-11-22(20(27)14-18)32-13-12-31(16-23(32)33)25-29-21-9-5-4-8-19(21)24(30-25)28-15-17-6-2-1-3-7-17/h1-11,14H,12-13,15-16H2,(H,28,29,30). The maximum Gasteiger partial charge on any atom is 0.246 e. The quantitative estimate of drug-likeness (QED) is 0.494. The minimum atomic E-state index is -0.758. The van der Waals surface area contributed by atoms with Crippen molar-refractivity contribution in [3.8, 4) is 0 Å². The first-order chi connectivity index (χ1) is 16.1. The number of piperazine rings is 1. The van der Waals surface area contributed by atoms with Crippen LogP contribution in [-0.4, -0.2) is 35.5 Å². The fraction of sp³-hybridized carbons (Fsp3) is 0.160. The van der Waals surface area contributed by atoms with Crippen molar-refractivity contribution in [2.75, 3.05) is 34.8 Å². The van der Waals surface area contributed by atoms with E-state index in [0.29, 0.717) is 24.9 Å². The van der Waals surface area contributed by atoms with E-state index in [1.165, 1.54) is 11.0 Å². The van der Waals surface area contributed by atoms with Gasteiger partial charge in [0.15, 0.2) is 0 Å². The largest absolute Gasteiger partial charge is 0.365 e. The van der Waals surface area contributed by atoms with E-state index in [1.54, 1.807) is 4.90 Å². The van der Waals surface area contributed by atoms with Crippen LogP contribution in [0.15, 0.2) is 72.8 Å². The van der Waals surface area contributed by atoms with Gasteiger partial charge in [0.25, 0.3) is 0 Å². The van der Waals surface area contributed by atoms with Crippen molar-refractivity contribution < 1.29 is 13.6 Å². The second kappa shape index (κ2) is 8.82. The topological polar surface area (TPSA) is 61.4 Å². The molecule has 166 valence electrons. The third-order valence-electron chi connectivity index (χ3n) is 5.60. The van der Waals surface area contributed by atoms with Crippen LogP contribution in [0, 0.1) is 11.6 Å². The van der Waals surface area contributed by atoms with Gasteiger partial charge in [-0.2, -0.15) is 4.98 Å². The molecule has 1 saturated heterocycles. The van der Waals surface area contributed by atoms with Crippen LogP contribution < -0.4 is 15.1 Å². The number of para-hydroxylation sites is 1. The number of nitrogens with zero attached hydrogens (tertiary/aromatic N) is 4. The number of halogens is 2. The van der Waals surface area contributed by atoms with Gasteiger partial charge in [0, 0.05) is 31.1 Å². The number of anilines is 3. The molecule has 0 atom stereocenters. The van der Waals surface area contributed by atoms with Crippen molar-refractivity contribution in [2.24, 2.45) is 0 Å². The number of amides is 1. The number of fused-ring (bicyclic) bond motifs is 1. The number of hydrogen-bond acceptors (Lipinski definition) is 5. The molecule has 8 heteroatoms. The lowest BCUT2D eigenvalue weighted by Crippen LogP contribution is -2.51. The van der Waals surface area contributed by atoms with Crippen molar-refractivity contribution >= 4 is 34.3 Å². The van der Waals surface area contributed by atoms with E-state index in [-0.39, 0.29) is 24.7 Å². The van der Waals surface area contributed by atoms with Crippen LogP contribution in [0.4, 0.5) is 26.2 Å². The molecule has 0 spiro atoms. The lowest BCUT2D eigenvalue weighted by atomic mass is 10.2. The number of hydrogen-bond donors (Lipinski definition) is 1. The summed E-state index contributed by atoms with van der Waals surface area (Å²) in [6, 6.07) is 20.9. The molecule has 0 radical (unpaired) electrons. The molecule has 0 bridgehead atoms. The SMILES string of the molecule is O=C1CN(c2nc(NCc3ccccc3)c3ccccc3n2)CCN1c1ccc(F)cc1F. The number of benzene rings is 3. The average Bonchev–Trinajstić information content (AvgIpc) is 2.83. The molecule has 1 N–H and O–H groups in total. The molecule has 6 nitrogen and oxygen atoms in total. The molecule has 0 aliphatic carbocycles. The van der Waals surface area contributed by atoms with Crippen LogP contribution in [0.2, 0.25) is 0 Å². The summed E-state index contributed by atoms with van der Waals surface area (Å²) in [5.41, 5.74) is 1.95. The number of aromatic nitrogens is 2. The highest BCUT2D eigenvalue weighted by Crippen LogP contribution is 2.27. The Morgan fingerprint density at radius 1 is 0.909 bits per heavy atom. The number of carbonyl (C=O) groups excluding carboxylic acids is 1. The van der Waals surface area contributed by atoms with Crippen molar-refractivity contribution in [2.45, 2.75) is 6.54 Å². The maximum absolute atomic E-state index is 14.2. The van der Waals surface area contributed by atoms with Crippen LogP contribution in [0.5, 0.6) is 0 Å². The number of carbonyl (C=O) groups is 1. The summed E-state index contributed by atoms with van der Waals surface area (Å²) < 4.78 is 27.5. The van der Waals surface area contributed by atoms with E-state index < -0.39 is 11.6 Å². The van der Waals surface area contributed by atoms with Crippen LogP contribution in [0.1, 0.15) is 5.56 Å². The molecule has 1 aliphatic heterocycles. The smallest absolute Gasteiger partial charge is 0.246 e. The zero-order chi connectivity index (χ0) is 22.8. The lowest BCUT2D eigenvalue weighted by molar-refractivity contribution is -0.118. The minimum Gasteiger partial charge on any atom is -0.365 e. The molecule has 1 amide bonds. The van der Waals surface area contributed by atoms with E-state index in [9.17, 15) is 13.6 Å². The molecule has 3 aromatic carbocycles. The third kappa shape index (κ3) is 4.32. The number of nitrogens with one attached hydrogen (secondary N) is 1. The maximum atomic E-state index is 14.2. The van der Waals surface area contributed by atoms with E-state index >= 15 is 0 Å². The van der Waals surface area contributed by atoms with Crippen LogP contribution >= 0.6 is 0 Å². The summed E-state index contributed by atoms with van der Waals surface area (Å²) in [6.07, 6.45) is 0. The molecule has 0 unspecified atom stereocenters. The van der Waals surface area contributed by atoms with Crippen LogP contribution in [-0.2, 0) is 11.3 Å². The molecular formula is C25H21F2N5O. The van der Waals surface area contributed by atoms with E-state index in [1.807, 2.05) is 54.6 Å². The van der Waals surface area contributed by atoms with Gasteiger partial charge in [0.05, 0.1) is 11.2 Å². The molecule has 1 fully saturated rings. The molecule has 0 saturated carbocycles. The average molecular weight is 445 g/mol. The first-order valence-corrected chi connectivity index (χ1v) is 10.6. The third-order valence-corrected chi connectivity index (χ3v) is 5.60. The van der Waals surface area contributed by atoms with Crippen molar-refractivity contribution in [1.82, 2.24) is 9.97 Å². The second-order valence-corrected chi connectivity index (χ2v) is 7.79. The van der Waals surface area contributed by atoms with Gasteiger partial charge in [0.2, 0.25) is 11.9 Å². The molecule has 4 aromatic rings. The lowest BCUT2D eigenvalue weighted by Gasteiger charge is -2.34. The Morgan fingerprint density at radius 3 is 2.48 bits per heavy atom. The minimum absolute atomic E-state index is 0.00666. The molecule has 1 aromatic heterocycles. The van der Waals surface area contributed by atoms with Crippen LogP contribution in [0.3, 0.4) is 0 Å². The van der Waals surface area contributed by atoms with Crippen molar-refractivity contribution in [1.29, 1.82) is 0 Å². The van der Waals surface area contributed by atoms with E-state index in [2.05, 4.69) is 10.3 Å².